The van der Waals surface area contributed by atoms with E-state index in [1.165, 1.54) is 0 Å². The number of carbonyl (C=O) groups is 2. The molecule has 0 fully saturated rings. The number of hydrogen-bond acceptors (Lipinski definition) is 4. The zero-order valence-corrected chi connectivity index (χ0v) is 15.4. The van der Waals surface area contributed by atoms with Gasteiger partial charge in [-0.25, -0.2) is 0 Å². The molecule has 0 aliphatic rings. The number of rotatable bonds is 5. The fraction of sp³-hybridized carbons (Fsp3) is 0.750. The van der Waals surface area contributed by atoms with Gasteiger partial charge in [-0.3, -0.25) is 0 Å². The van der Waals surface area contributed by atoms with Gasteiger partial charge in [0.15, 0.2) is 0 Å². The van der Waals surface area contributed by atoms with Crippen molar-refractivity contribution in [2.24, 2.45) is 11.8 Å². The van der Waals surface area contributed by atoms with Gasteiger partial charge in [-0.05, 0) is 12.8 Å². The average Bonchev–Trinajstić information content (AvgIpc) is 1.98. The van der Waals surface area contributed by atoms with Crippen LogP contribution in [0.5, 0.6) is 0 Å². The first kappa shape index (κ1) is 21.5. The Bertz CT molecular complexity index is 164. The maximum Gasteiger partial charge on any atom is 1.00 e. The molecule has 2 atom stereocenters. The van der Waals surface area contributed by atoms with E-state index in [4.69, 9.17) is 0 Å². The molecule has 0 aromatic carbocycles. The van der Waals surface area contributed by atoms with Crippen molar-refractivity contribution in [3.63, 3.8) is 0 Å². The molecule has 0 rings (SSSR count). The molecule has 6 heteroatoms. The molecule has 0 heterocycles. The van der Waals surface area contributed by atoms with Gasteiger partial charge in [-0.2, -0.15) is 0 Å². The summed E-state index contributed by atoms with van der Waals surface area (Å²) in [4.78, 5) is 20.9. The molecule has 0 bridgehead atoms. The Morgan fingerprint density at radius 1 is 0.929 bits per heavy atom. The van der Waals surface area contributed by atoms with E-state index in [1.807, 2.05) is 0 Å². The van der Waals surface area contributed by atoms with Crippen molar-refractivity contribution < 1.29 is 123 Å². The molecule has 0 saturated heterocycles. The molecule has 0 aromatic heterocycles. The van der Waals surface area contributed by atoms with Crippen molar-refractivity contribution in [2.45, 2.75) is 26.7 Å². The van der Waals surface area contributed by atoms with Crippen LogP contribution in [0.3, 0.4) is 0 Å². The Morgan fingerprint density at radius 3 is 1.21 bits per heavy atom. The molecule has 2 unspecified atom stereocenters. The van der Waals surface area contributed by atoms with Gasteiger partial charge in [0, 0.05) is 23.8 Å². The monoisotopic (exact) mass is 250 g/mol. The number of carbonyl (C=O) groups excluding carboxylic acids is 2. The third-order valence-corrected chi connectivity index (χ3v) is 1.97. The third kappa shape index (κ3) is 7.48. The van der Waals surface area contributed by atoms with Gasteiger partial charge < -0.3 is 19.8 Å². The summed E-state index contributed by atoms with van der Waals surface area (Å²) in [7, 11) is 0. The molecule has 0 radical (unpaired) electrons. The number of hydrogen-bond donors (Lipinski definition) is 0. The van der Waals surface area contributed by atoms with E-state index in [9.17, 15) is 19.8 Å². The number of aliphatic carboxylic acids is 2. The standard InChI is InChI=1S/C8H14O4.2K/c1-3-5(7(9)10)6(4-2)8(11)12;;/h5-6H,3-4H2,1-2H3,(H,9,10)(H,11,12);;/q;2*+1/p-2. The summed E-state index contributed by atoms with van der Waals surface area (Å²) in [6.45, 7) is 3.23. The zero-order valence-electron chi connectivity index (χ0n) is 9.20. The zero-order chi connectivity index (χ0) is 9.72. The molecule has 0 aliphatic heterocycles. The van der Waals surface area contributed by atoms with Crippen LogP contribution in [0.2, 0.25) is 0 Å². The number of carboxylic acids is 2. The summed E-state index contributed by atoms with van der Waals surface area (Å²) < 4.78 is 0. The van der Waals surface area contributed by atoms with Crippen LogP contribution in [0.15, 0.2) is 0 Å². The Morgan fingerprint density at radius 2 is 1.14 bits per heavy atom. The minimum atomic E-state index is -1.31. The first-order chi connectivity index (χ1) is 5.54. The van der Waals surface area contributed by atoms with Crippen LogP contribution in [0.1, 0.15) is 26.7 Å². The summed E-state index contributed by atoms with van der Waals surface area (Å²) in [5.74, 6) is -4.48. The predicted molar refractivity (Wildman–Crippen MR) is 37.6 cm³/mol. The second kappa shape index (κ2) is 11.7. The van der Waals surface area contributed by atoms with E-state index >= 15 is 0 Å². The minimum Gasteiger partial charge on any atom is -0.550 e. The van der Waals surface area contributed by atoms with Crippen molar-refractivity contribution in [3.8, 4) is 0 Å². The van der Waals surface area contributed by atoms with E-state index in [0.29, 0.717) is 0 Å². The van der Waals surface area contributed by atoms with Crippen molar-refractivity contribution in [3.05, 3.63) is 0 Å². The van der Waals surface area contributed by atoms with Crippen LogP contribution < -0.4 is 113 Å². The van der Waals surface area contributed by atoms with Crippen molar-refractivity contribution in [1.82, 2.24) is 0 Å². The molecule has 0 aliphatic carbocycles. The van der Waals surface area contributed by atoms with E-state index in [-0.39, 0.29) is 116 Å². The summed E-state index contributed by atoms with van der Waals surface area (Å²) in [6, 6.07) is 0. The molecule has 0 spiro atoms. The molecule has 0 saturated carbocycles. The minimum absolute atomic E-state index is 0. The van der Waals surface area contributed by atoms with Gasteiger partial charge >= 0.3 is 103 Å². The van der Waals surface area contributed by atoms with E-state index in [1.54, 1.807) is 13.8 Å². The Labute approximate surface area is 169 Å². The normalized spacial score (nSPS) is 13.0. The second-order valence-electron chi connectivity index (χ2n) is 2.67. The van der Waals surface area contributed by atoms with Gasteiger partial charge in [0.1, 0.15) is 0 Å². The van der Waals surface area contributed by atoms with Crippen molar-refractivity contribution in [1.29, 1.82) is 0 Å². The van der Waals surface area contributed by atoms with E-state index in [0.717, 1.165) is 0 Å². The Kier molecular flexibility index (Phi) is 17.9. The van der Waals surface area contributed by atoms with Gasteiger partial charge in [0.05, 0.1) is 0 Å². The first-order valence-electron chi connectivity index (χ1n) is 3.96. The molecular formula is C8H12K2O4. The number of carboxylic acid groups (broad SMARTS) is 2. The predicted octanol–water partition coefficient (Wildman–Crippen LogP) is -7.45. The maximum absolute atomic E-state index is 10.4. The average molecular weight is 250 g/mol. The molecule has 70 valence electrons. The van der Waals surface area contributed by atoms with Gasteiger partial charge in [-0.15, -0.1) is 0 Å². The fourth-order valence-corrected chi connectivity index (χ4v) is 1.23. The molecule has 0 N–H and O–H groups in total. The molecular weight excluding hydrogens is 238 g/mol. The molecule has 4 nitrogen and oxygen atoms in total. The van der Waals surface area contributed by atoms with Crippen LogP contribution in [-0.2, 0) is 9.59 Å². The Hall–Kier alpha value is 2.21. The van der Waals surface area contributed by atoms with Crippen LogP contribution in [-0.4, -0.2) is 11.9 Å². The third-order valence-electron chi connectivity index (χ3n) is 1.97. The summed E-state index contributed by atoms with van der Waals surface area (Å²) in [5.41, 5.74) is 0. The molecule has 0 amide bonds. The first-order valence-corrected chi connectivity index (χ1v) is 3.96. The van der Waals surface area contributed by atoms with Crippen molar-refractivity contribution >= 4 is 11.9 Å². The summed E-state index contributed by atoms with van der Waals surface area (Å²) in [6.07, 6.45) is 0.518. The van der Waals surface area contributed by atoms with Crippen LogP contribution >= 0.6 is 0 Å². The Balaban J connectivity index is -0.000000605. The van der Waals surface area contributed by atoms with Crippen LogP contribution in [0.25, 0.3) is 0 Å². The van der Waals surface area contributed by atoms with Crippen LogP contribution in [0.4, 0.5) is 0 Å². The van der Waals surface area contributed by atoms with Gasteiger partial charge in [0.2, 0.25) is 0 Å². The second-order valence-corrected chi connectivity index (χ2v) is 2.67. The van der Waals surface area contributed by atoms with Gasteiger partial charge in [-0.1, -0.05) is 13.8 Å². The largest absolute Gasteiger partial charge is 1.00 e. The van der Waals surface area contributed by atoms with Gasteiger partial charge in [0.25, 0.3) is 0 Å². The maximum atomic E-state index is 10.4. The van der Waals surface area contributed by atoms with Crippen molar-refractivity contribution in [2.75, 3.05) is 0 Å². The van der Waals surface area contributed by atoms with E-state index in [2.05, 4.69) is 0 Å². The summed E-state index contributed by atoms with van der Waals surface area (Å²) >= 11 is 0. The van der Waals surface area contributed by atoms with E-state index < -0.39 is 23.8 Å². The summed E-state index contributed by atoms with van der Waals surface area (Å²) in [5, 5.41) is 20.9. The molecule has 0 aromatic rings. The SMILES string of the molecule is CCC(C(=O)[O-])C(CC)C(=O)[O-].[K+].[K+]. The fourth-order valence-electron chi connectivity index (χ4n) is 1.23. The quantitative estimate of drug-likeness (QED) is 0.454. The smallest absolute Gasteiger partial charge is 0.550 e. The van der Waals surface area contributed by atoms with Crippen LogP contribution in [0, 0.1) is 11.8 Å². The molecule has 14 heavy (non-hydrogen) atoms. The topological polar surface area (TPSA) is 80.3 Å².